The molecule has 9 heteroatoms. The molecular formula is C23H23F3N2O4. The summed E-state index contributed by atoms with van der Waals surface area (Å²) in [6.45, 7) is 5.03. The lowest BCUT2D eigenvalue weighted by Gasteiger charge is -2.21. The number of amides is 1. The zero-order chi connectivity index (χ0) is 23.7. The third-order valence-corrected chi connectivity index (χ3v) is 5.42. The van der Waals surface area contributed by atoms with Gasteiger partial charge < -0.3 is 9.84 Å². The largest absolute Gasteiger partial charge is 0.482 e. The molecule has 1 heterocycles. The Labute approximate surface area is 183 Å². The second kappa shape index (κ2) is 8.64. The van der Waals surface area contributed by atoms with Crippen LogP contribution in [0.15, 0.2) is 53.6 Å². The van der Waals surface area contributed by atoms with Gasteiger partial charge in [0.15, 0.2) is 6.61 Å². The maximum absolute atomic E-state index is 12.9. The number of alkyl halides is 3. The van der Waals surface area contributed by atoms with Crippen molar-refractivity contribution in [2.75, 3.05) is 11.6 Å². The van der Waals surface area contributed by atoms with Gasteiger partial charge >= 0.3 is 12.1 Å². The molecule has 1 N–H and O–H groups in total. The predicted octanol–water partition coefficient (Wildman–Crippen LogP) is 5.09. The van der Waals surface area contributed by atoms with Gasteiger partial charge in [0.25, 0.3) is 5.91 Å². The number of aliphatic carboxylic acids is 1. The SMILES string of the molecule is CC(CC1=NN(c2ccc(C(F)(F)F)cc2)C(=O)C1(C)C)c1ccc(OCC(=O)O)cc1. The Morgan fingerprint density at radius 1 is 1.12 bits per heavy atom. The van der Waals surface area contributed by atoms with Crippen LogP contribution in [0.1, 0.15) is 44.2 Å². The van der Waals surface area contributed by atoms with Crippen molar-refractivity contribution in [3.05, 3.63) is 59.7 Å². The molecular weight excluding hydrogens is 425 g/mol. The molecule has 1 atom stereocenters. The monoisotopic (exact) mass is 448 g/mol. The van der Waals surface area contributed by atoms with Crippen LogP contribution in [0.5, 0.6) is 5.75 Å². The summed E-state index contributed by atoms with van der Waals surface area (Å²) in [6.07, 6.45) is -3.99. The van der Waals surface area contributed by atoms with Crippen molar-refractivity contribution < 1.29 is 32.6 Å². The molecule has 0 saturated carbocycles. The van der Waals surface area contributed by atoms with Gasteiger partial charge in [-0.1, -0.05) is 19.1 Å². The summed E-state index contributed by atoms with van der Waals surface area (Å²) >= 11 is 0. The number of carboxylic acid groups (broad SMARTS) is 1. The number of hydrogen-bond acceptors (Lipinski definition) is 4. The Kier molecular flexibility index (Phi) is 6.29. The first-order chi connectivity index (χ1) is 14.9. The van der Waals surface area contributed by atoms with Gasteiger partial charge in [-0.05, 0) is 68.1 Å². The summed E-state index contributed by atoms with van der Waals surface area (Å²) in [7, 11) is 0. The first-order valence-corrected chi connectivity index (χ1v) is 9.94. The van der Waals surface area contributed by atoms with Gasteiger partial charge in [0.05, 0.1) is 22.4 Å². The van der Waals surface area contributed by atoms with Crippen molar-refractivity contribution in [2.45, 2.75) is 39.3 Å². The van der Waals surface area contributed by atoms with E-state index in [9.17, 15) is 22.8 Å². The van der Waals surface area contributed by atoms with Crippen LogP contribution in [-0.2, 0) is 15.8 Å². The molecule has 1 aliphatic heterocycles. The van der Waals surface area contributed by atoms with E-state index in [2.05, 4.69) is 5.10 Å². The van der Waals surface area contributed by atoms with Crippen molar-refractivity contribution in [2.24, 2.45) is 10.5 Å². The van der Waals surface area contributed by atoms with Crippen LogP contribution >= 0.6 is 0 Å². The highest BCUT2D eigenvalue weighted by Gasteiger charge is 2.44. The Bertz CT molecular complexity index is 1030. The highest BCUT2D eigenvalue weighted by atomic mass is 19.4. The fourth-order valence-electron chi connectivity index (χ4n) is 3.39. The number of carboxylic acids is 1. The van der Waals surface area contributed by atoms with Crippen molar-refractivity contribution in [3.8, 4) is 5.75 Å². The van der Waals surface area contributed by atoms with Crippen molar-refractivity contribution in [1.82, 2.24) is 0 Å². The van der Waals surface area contributed by atoms with Gasteiger partial charge in [0.1, 0.15) is 5.75 Å². The molecule has 2 aromatic carbocycles. The normalized spacial score (nSPS) is 16.6. The summed E-state index contributed by atoms with van der Waals surface area (Å²) in [5.74, 6) is -0.949. The minimum atomic E-state index is -4.45. The molecule has 0 bridgehead atoms. The molecule has 0 radical (unpaired) electrons. The number of rotatable bonds is 7. The predicted molar refractivity (Wildman–Crippen MR) is 113 cm³/mol. The van der Waals surface area contributed by atoms with Crippen LogP contribution in [0.3, 0.4) is 0 Å². The first kappa shape index (κ1) is 23.3. The van der Waals surface area contributed by atoms with Crippen molar-refractivity contribution >= 4 is 23.3 Å². The van der Waals surface area contributed by atoms with E-state index in [1.165, 1.54) is 12.1 Å². The fourth-order valence-corrected chi connectivity index (χ4v) is 3.39. The highest BCUT2D eigenvalue weighted by Crippen LogP contribution is 2.37. The van der Waals surface area contributed by atoms with Gasteiger partial charge in [-0.2, -0.15) is 18.3 Å². The van der Waals surface area contributed by atoms with E-state index in [1.54, 1.807) is 26.0 Å². The smallest absolute Gasteiger partial charge is 0.416 e. The maximum atomic E-state index is 12.9. The van der Waals surface area contributed by atoms with Crippen molar-refractivity contribution in [3.63, 3.8) is 0 Å². The minimum Gasteiger partial charge on any atom is -0.482 e. The average molecular weight is 448 g/mol. The molecule has 1 amide bonds. The van der Waals surface area contributed by atoms with Crippen LogP contribution in [0, 0.1) is 5.41 Å². The van der Waals surface area contributed by atoms with E-state index in [0.717, 1.165) is 22.7 Å². The number of benzene rings is 2. The molecule has 2 aromatic rings. The van der Waals surface area contributed by atoms with E-state index in [1.807, 2.05) is 19.1 Å². The van der Waals surface area contributed by atoms with E-state index >= 15 is 0 Å². The molecule has 0 fully saturated rings. The fraction of sp³-hybridized carbons (Fsp3) is 0.348. The second-order valence-electron chi connectivity index (χ2n) is 8.19. The minimum absolute atomic E-state index is 0.0121. The number of ether oxygens (including phenoxy) is 1. The van der Waals surface area contributed by atoms with E-state index in [-0.39, 0.29) is 17.5 Å². The topological polar surface area (TPSA) is 79.2 Å². The molecule has 1 aliphatic rings. The summed E-state index contributed by atoms with van der Waals surface area (Å²) in [5, 5.41) is 14.3. The number of halogens is 3. The zero-order valence-corrected chi connectivity index (χ0v) is 17.8. The molecule has 32 heavy (non-hydrogen) atoms. The molecule has 0 saturated heterocycles. The number of nitrogens with zero attached hydrogens (tertiary/aromatic N) is 2. The van der Waals surface area contributed by atoms with Gasteiger partial charge in [0, 0.05) is 0 Å². The molecule has 170 valence electrons. The second-order valence-corrected chi connectivity index (χ2v) is 8.19. The van der Waals surface area contributed by atoms with Gasteiger partial charge in [-0.3, -0.25) is 4.79 Å². The Balaban J connectivity index is 1.76. The van der Waals surface area contributed by atoms with Crippen LogP contribution in [0.25, 0.3) is 0 Å². The maximum Gasteiger partial charge on any atom is 0.416 e. The summed E-state index contributed by atoms with van der Waals surface area (Å²) in [5.41, 5.74) is 0.161. The molecule has 0 aliphatic carbocycles. The van der Waals surface area contributed by atoms with Gasteiger partial charge in [-0.25, -0.2) is 9.80 Å². The summed E-state index contributed by atoms with van der Waals surface area (Å²) in [4.78, 5) is 23.5. The number of carbonyl (C=O) groups excluding carboxylic acids is 1. The lowest BCUT2D eigenvalue weighted by atomic mass is 9.81. The standard InChI is InChI=1S/C23H23F3N2O4/c1-14(15-4-10-18(11-5-15)32-13-20(29)30)12-19-22(2,3)21(31)28(27-19)17-8-6-16(7-9-17)23(24,25)26/h4-11,14H,12-13H2,1-3H3,(H,29,30). The third-order valence-electron chi connectivity index (χ3n) is 5.42. The van der Waals surface area contributed by atoms with E-state index in [0.29, 0.717) is 17.9 Å². The zero-order valence-electron chi connectivity index (χ0n) is 17.8. The van der Waals surface area contributed by atoms with Gasteiger partial charge in [-0.15, -0.1) is 0 Å². The average Bonchev–Trinajstić information content (AvgIpc) is 2.95. The van der Waals surface area contributed by atoms with Crippen molar-refractivity contribution in [1.29, 1.82) is 0 Å². The molecule has 0 spiro atoms. The first-order valence-electron chi connectivity index (χ1n) is 9.94. The Hall–Kier alpha value is -3.36. The van der Waals surface area contributed by atoms with Crippen LogP contribution in [0.4, 0.5) is 18.9 Å². The number of anilines is 1. The number of hydrazone groups is 1. The quantitative estimate of drug-likeness (QED) is 0.640. The Morgan fingerprint density at radius 2 is 1.72 bits per heavy atom. The lowest BCUT2D eigenvalue weighted by Crippen LogP contribution is -2.35. The van der Waals surface area contributed by atoms with Crippen LogP contribution in [-0.4, -0.2) is 29.3 Å². The highest BCUT2D eigenvalue weighted by molar-refractivity contribution is 6.18. The molecule has 1 unspecified atom stereocenters. The molecule has 3 rings (SSSR count). The Morgan fingerprint density at radius 3 is 2.25 bits per heavy atom. The molecule has 6 nitrogen and oxygen atoms in total. The van der Waals surface area contributed by atoms with Crippen LogP contribution in [0.2, 0.25) is 0 Å². The van der Waals surface area contributed by atoms with E-state index in [4.69, 9.17) is 9.84 Å². The summed E-state index contributed by atoms with van der Waals surface area (Å²) in [6, 6.07) is 11.3. The lowest BCUT2D eigenvalue weighted by molar-refractivity contribution is -0.139. The molecule has 0 aromatic heterocycles. The van der Waals surface area contributed by atoms with E-state index < -0.39 is 29.7 Å². The summed E-state index contributed by atoms with van der Waals surface area (Å²) < 4.78 is 43.6. The number of carbonyl (C=O) groups is 2. The third kappa shape index (κ3) is 4.92. The number of hydrogen-bond donors (Lipinski definition) is 1. The van der Waals surface area contributed by atoms with Crippen LogP contribution < -0.4 is 9.75 Å². The van der Waals surface area contributed by atoms with Gasteiger partial charge in [0.2, 0.25) is 0 Å².